The largest absolute Gasteiger partial charge is 0.497 e. The second-order valence-corrected chi connectivity index (χ2v) is 9.44. The first-order valence-corrected chi connectivity index (χ1v) is 11.8. The highest BCUT2D eigenvalue weighted by molar-refractivity contribution is 7.89. The number of fused-ring (bicyclic) bond motifs is 1. The zero-order chi connectivity index (χ0) is 24.3. The van der Waals surface area contributed by atoms with Gasteiger partial charge < -0.3 is 14.4 Å². The van der Waals surface area contributed by atoms with E-state index in [1.54, 1.807) is 42.6 Å². The van der Waals surface area contributed by atoms with Crippen LogP contribution in [-0.2, 0) is 26.1 Å². The number of ether oxygens (including phenoxy) is 2. The van der Waals surface area contributed by atoms with Gasteiger partial charge in [0.05, 0.1) is 31.2 Å². The third-order valence-corrected chi connectivity index (χ3v) is 7.47. The quantitative estimate of drug-likeness (QED) is 0.516. The van der Waals surface area contributed by atoms with E-state index in [-0.39, 0.29) is 18.0 Å². The maximum atomic E-state index is 13.7. The normalized spacial score (nSPS) is 16.3. The Kier molecular flexibility index (Phi) is 6.62. The van der Waals surface area contributed by atoms with E-state index in [1.165, 1.54) is 49.6 Å². The van der Waals surface area contributed by atoms with Crippen LogP contribution in [0.25, 0.3) is 0 Å². The molecule has 1 unspecified atom stereocenters. The summed E-state index contributed by atoms with van der Waals surface area (Å²) in [4.78, 5) is 31.7. The van der Waals surface area contributed by atoms with Crippen LogP contribution >= 0.6 is 0 Å². The van der Waals surface area contributed by atoms with Crippen molar-refractivity contribution in [3.05, 3.63) is 84.2 Å². The number of hydrogen-bond acceptors (Lipinski definition) is 7. The maximum absolute atomic E-state index is 13.7. The third-order valence-electron chi connectivity index (χ3n) is 5.60. The highest BCUT2D eigenvalue weighted by Gasteiger charge is 2.42. The van der Waals surface area contributed by atoms with Gasteiger partial charge in [0.1, 0.15) is 11.8 Å². The SMILES string of the molecule is COC(=O)C1CN(C(=O)c2cccnc2)c2ccccc2CN1S(=O)(=O)c1ccc(OC)cc1. The molecule has 1 atom stereocenters. The minimum Gasteiger partial charge on any atom is -0.497 e. The number of para-hydroxylation sites is 1. The number of esters is 1. The van der Waals surface area contributed by atoms with E-state index in [2.05, 4.69) is 4.98 Å². The van der Waals surface area contributed by atoms with Crippen molar-refractivity contribution in [1.82, 2.24) is 9.29 Å². The minimum atomic E-state index is -4.14. The number of benzene rings is 2. The van der Waals surface area contributed by atoms with Crippen LogP contribution in [0.2, 0.25) is 0 Å². The van der Waals surface area contributed by atoms with Gasteiger partial charge in [-0.25, -0.2) is 8.42 Å². The van der Waals surface area contributed by atoms with Crippen molar-refractivity contribution < 1.29 is 27.5 Å². The first-order valence-electron chi connectivity index (χ1n) is 10.4. The molecule has 0 bridgehead atoms. The molecule has 176 valence electrons. The van der Waals surface area contributed by atoms with Crippen LogP contribution in [0.15, 0.2) is 78.0 Å². The highest BCUT2D eigenvalue weighted by atomic mass is 32.2. The van der Waals surface area contributed by atoms with Crippen molar-refractivity contribution in [2.24, 2.45) is 0 Å². The molecule has 9 nitrogen and oxygen atoms in total. The van der Waals surface area contributed by atoms with E-state index in [0.717, 1.165) is 4.31 Å². The predicted octanol–water partition coefficient (Wildman–Crippen LogP) is 2.48. The fourth-order valence-electron chi connectivity index (χ4n) is 3.85. The molecule has 2 aromatic carbocycles. The van der Waals surface area contributed by atoms with E-state index in [9.17, 15) is 18.0 Å². The molecule has 0 aliphatic carbocycles. The third kappa shape index (κ3) is 4.37. The van der Waals surface area contributed by atoms with Crippen LogP contribution in [0, 0.1) is 0 Å². The van der Waals surface area contributed by atoms with Gasteiger partial charge in [0.25, 0.3) is 5.91 Å². The molecule has 0 N–H and O–H groups in total. The van der Waals surface area contributed by atoms with Crippen molar-refractivity contribution in [2.75, 3.05) is 25.7 Å². The van der Waals surface area contributed by atoms with Crippen LogP contribution in [0.3, 0.4) is 0 Å². The molecule has 1 aliphatic rings. The molecular weight excluding hydrogens is 458 g/mol. The number of carbonyl (C=O) groups excluding carboxylic acids is 2. The lowest BCUT2D eigenvalue weighted by Crippen LogP contribution is -2.50. The van der Waals surface area contributed by atoms with Gasteiger partial charge in [-0.1, -0.05) is 18.2 Å². The average Bonchev–Trinajstić information content (AvgIpc) is 3.06. The molecule has 0 fully saturated rings. The number of hydrogen-bond donors (Lipinski definition) is 0. The lowest BCUT2D eigenvalue weighted by Gasteiger charge is -2.29. The first kappa shape index (κ1) is 23.4. The summed E-state index contributed by atoms with van der Waals surface area (Å²) in [5, 5.41) is 0. The molecule has 1 amide bonds. The van der Waals surface area contributed by atoms with Gasteiger partial charge in [-0.05, 0) is 48.0 Å². The summed E-state index contributed by atoms with van der Waals surface area (Å²) in [5.41, 5.74) is 1.40. The zero-order valence-corrected chi connectivity index (χ0v) is 19.4. The van der Waals surface area contributed by atoms with Gasteiger partial charge in [0.2, 0.25) is 10.0 Å². The molecule has 4 rings (SSSR count). The molecule has 1 aromatic heterocycles. The standard InChI is InChI=1S/C24H23N3O6S/c1-32-19-9-11-20(12-10-19)34(30,31)27-15-18-6-3-4-8-21(18)26(16-22(27)24(29)33-2)23(28)17-7-5-13-25-14-17/h3-14,22H,15-16H2,1-2H3. The molecule has 3 aromatic rings. The number of carbonyl (C=O) groups is 2. The monoisotopic (exact) mass is 481 g/mol. The number of sulfonamides is 1. The Bertz CT molecular complexity index is 1300. The summed E-state index contributed by atoms with van der Waals surface area (Å²) >= 11 is 0. The summed E-state index contributed by atoms with van der Waals surface area (Å²) in [5.74, 6) is -0.676. The summed E-state index contributed by atoms with van der Waals surface area (Å²) in [7, 11) is -1.48. The molecule has 0 spiro atoms. The van der Waals surface area contributed by atoms with Gasteiger partial charge in [-0.3, -0.25) is 14.6 Å². The molecule has 0 radical (unpaired) electrons. The number of nitrogens with zero attached hydrogens (tertiary/aromatic N) is 3. The van der Waals surface area contributed by atoms with Crippen molar-refractivity contribution in [2.45, 2.75) is 17.5 Å². The fraction of sp³-hybridized carbons (Fsp3) is 0.208. The van der Waals surface area contributed by atoms with E-state index in [4.69, 9.17) is 9.47 Å². The predicted molar refractivity (Wildman–Crippen MR) is 124 cm³/mol. The number of aromatic nitrogens is 1. The average molecular weight is 482 g/mol. The second kappa shape index (κ2) is 9.62. The Labute approximate surface area is 197 Å². The topological polar surface area (TPSA) is 106 Å². The van der Waals surface area contributed by atoms with Gasteiger partial charge >= 0.3 is 5.97 Å². The number of amides is 1. The Balaban J connectivity index is 1.83. The molecule has 1 aliphatic heterocycles. The van der Waals surface area contributed by atoms with Crippen LogP contribution in [0.4, 0.5) is 5.69 Å². The molecule has 10 heteroatoms. The van der Waals surface area contributed by atoms with Crippen LogP contribution in [-0.4, -0.2) is 56.4 Å². The molecule has 2 heterocycles. The highest BCUT2D eigenvalue weighted by Crippen LogP contribution is 2.32. The maximum Gasteiger partial charge on any atom is 0.326 e. The molecular formula is C24H23N3O6S. The number of methoxy groups -OCH3 is 2. The second-order valence-electron chi connectivity index (χ2n) is 7.55. The van der Waals surface area contributed by atoms with E-state index < -0.39 is 27.9 Å². The minimum absolute atomic E-state index is 0.00767. The Morgan fingerprint density at radius 2 is 1.74 bits per heavy atom. The van der Waals surface area contributed by atoms with Gasteiger partial charge in [0.15, 0.2) is 0 Å². The van der Waals surface area contributed by atoms with Crippen molar-refractivity contribution in [1.29, 1.82) is 0 Å². The van der Waals surface area contributed by atoms with Gasteiger partial charge in [0, 0.05) is 24.6 Å². The number of pyridine rings is 1. The fourth-order valence-corrected chi connectivity index (χ4v) is 5.40. The van der Waals surface area contributed by atoms with Crippen molar-refractivity contribution in [3.8, 4) is 5.75 Å². The summed E-state index contributed by atoms with van der Waals surface area (Å²) in [6.45, 7) is -0.353. The molecule has 0 saturated carbocycles. The van der Waals surface area contributed by atoms with Crippen LogP contribution in [0.1, 0.15) is 15.9 Å². The summed E-state index contributed by atoms with van der Waals surface area (Å²) in [6, 6.07) is 14.8. The van der Waals surface area contributed by atoms with Gasteiger partial charge in [-0.2, -0.15) is 4.31 Å². The van der Waals surface area contributed by atoms with Crippen LogP contribution < -0.4 is 9.64 Å². The summed E-state index contributed by atoms with van der Waals surface area (Å²) in [6.07, 6.45) is 2.97. The lowest BCUT2D eigenvalue weighted by molar-refractivity contribution is -0.144. The van der Waals surface area contributed by atoms with E-state index in [1.807, 2.05) is 0 Å². The van der Waals surface area contributed by atoms with Crippen molar-refractivity contribution in [3.63, 3.8) is 0 Å². The first-order chi connectivity index (χ1) is 16.4. The number of anilines is 1. The Morgan fingerprint density at radius 1 is 1.00 bits per heavy atom. The van der Waals surface area contributed by atoms with E-state index >= 15 is 0 Å². The van der Waals surface area contributed by atoms with Gasteiger partial charge in [-0.15, -0.1) is 0 Å². The molecule has 0 saturated heterocycles. The Morgan fingerprint density at radius 3 is 2.38 bits per heavy atom. The van der Waals surface area contributed by atoms with Crippen molar-refractivity contribution >= 4 is 27.6 Å². The summed E-state index contributed by atoms with van der Waals surface area (Å²) < 4.78 is 38.5. The lowest BCUT2D eigenvalue weighted by atomic mass is 10.1. The van der Waals surface area contributed by atoms with Crippen LogP contribution in [0.5, 0.6) is 5.75 Å². The zero-order valence-electron chi connectivity index (χ0n) is 18.6. The number of rotatable bonds is 5. The smallest absolute Gasteiger partial charge is 0.326 e. The Hall–Kier alpha value is -3.76. The molecule has 34 heavy (non-hydrogen) atoms. The van der Waals surface area contributed by atoms with E-state index in [0.29, 0.717) is 22.6 Å².